The molecule has 0 aliphatic carbocycles. The molecule has 12 nitrogen and oxygen atoms in total. The number of aliphatic imine (C=N–C) groups is 2. The maximum absolute atomic E-state index is 14.1. The van der Waals surface area contributed by atoms with E-state index in [-0.39, 0.29) is 29.2 Å². The molecule has 0 saturated heterocycles. The van der Waals surface area contributed by atoms with Crippen LogP contribution in [0.5, 0.6) is 0 Å². The Kier molecular flexibility index (Phi) is 10.8. The van der Waals surface area contributed by atoms with Crippen molar-refractivity contribution in [2.75, 3.05) is 45.0 Å². The van der Waals surface area contributed by atoms with Gasteiger partial charge in [-0.05, 0) is 87.4 Å². The summed E-state index contributed by atoms with van der Waals surface area (Å²) >= 11 is 0. The van der Waals surface area contributed by atoms with Gasteiger partial charge >= 0.3 is 5.69 Å². The van der Waals surface area contributed by atoms with Crippen LogP contribution >= 0.6 is 0 Å². The SMILES string of the molecule is C=Nc1c(C(N)=NC)n(-c2ccc(C(=O)Nc3cc(CCC)ccn3)cc2)c(=O)n1-c1cccc(N(C)C(=O)C=CCN(C)C)c1. The molecule has 2 aromatic carbocycles. The van der Waals surface area contributed by atoms with E-state index in [0.29, 0.717) is 35.0 Å². The Bertz CT molecular complexity index is 1850. The minimum absolute atomic E-state index is 0.0626. The van der Waals surface area contributed by atoms with E-state index in [9.17, 15) is 14.4 Å². The molecule has 0 fully saturated rings. The number of anilines is 2. The average molecular weight is 622 g/mol. The number of nitrogens with one attached hydrogen (secondary N) is 1. The van der Waals surface area contributed by atoms with Gasteiger partial charge in [0.1, 0.15) is 17.3 Å². The Balaban J connectivity index is 1.72. The molecule has 0 aliphatic rings. The lowest BCUT2D eigenvalue weighted by atomic mass is 10.1. The van der Waals surface area contributed by atoms with E-state index in [1.165, 1.54) is 27.2 Å². The third-order valence-corrected chi connectivity index (χ3v) is 7.19. The first kappa shape index (κ1) is 33.3. The van der Waals surface area contributed by atoms with E-state index >= 15 is 0 Å². The van der Waals surface area contributed by atoms with Crippen LogP contribution in [0.4, 0.5) is 17.3 Å². The van der Waals surface area contributed by atoms with Crippen molar-refractivity contribution >= 4 is 41.7 Å². The summed E-state index contributed by atoms with van der Waals surface area (Å²) in [5, 5.41) is 2.83. The van der Waals surface area contributed by atoms with Gasteiger partial charge in [0.25, 0.3) is 5.91 Å². The van der Waals surface area contributed by atoms with Crippen LogP contribution in [0.3, 0.4) is 0 Å². The maximum atomic E-state index is 14.1. The lowest BCUT2D eigenvalue weighted by Gasteiger charge is -2.17. The third kappa shape index (κ3) is 7.36. The van der Waals surface area contributed by atoms with Gasteiger partial charge in [0.2, 0.25) is 5.91 Å². The molecule has 46 heavy (non-hydrogen) atoms. The molecule has 2 amide bonds. The van der Waals surface area contributed by atoms with Crippen LogP contribution in [-0.4, -0.2) is 78.1 Å². The highest BCUT2D eigenvalue weighted by molar-refractivity contribution is 6.04. The molecule has 3 N–H and O–H groups in total. The lowest BCUT2D eigenvalue weighted by molar-refractivity contribution is -0.113. The summed E-state index contributed by atoms with van der Waals surface area (Å²) in [6, 6.07) is 17.2. The highest BCUT2D eigenvalue weighted by Gasteiger charge is 2.25. The van der Waals surface area contributed by atoms with Gasteiger partial charge in [-0.2, -0.15) is 0 Å². The van der Waals surface area contributed by atoms with Crippen molar-refractivity contribution in [3.63, 3.8) is 0 Å². The first-order valence-corrected chi connectivity index (χ1v) is 14.7. The molecule has 0 spiro atoms. The van der Waals surface area contributed by atoms with Crippen LogP contribution in [0.2, 0.25) is 0 Å². The molecule has 238 valence electrons. The second-order valence-corrected chi connectivity index (χ2v) is 10.8. The van der Waals surface area contributed by atoms with Crippen LogP contribution in [0.25, 0.3) is 11.4 Å². The van der Waals surface area contributed by atoms with E-state index in [1.807, 2.05) is 31.1 Å². The number of amides is 2. The molecule has 0 unspecified atom stereocenters. The summed E-state index contributed by atoms with van der Waals surface area (Å²) < 4.78 is 2.73. The fraction of sp³-hybridized carbons (Fsp3) is 0.235. The minimum Gasteiger partial charge on any atom is -0.382 e. The number of likely N-dealkylation sites (N-methyl/N-ethyl adjacent to an activating group) is 2. The second kappa shape index (κ2) is 14.9. The highest BCUT2D eigenvalue weighted by atomic mass is 16.2. The van der Waals surface area contributed by atoms with Crippen molar-refractivity contribution in [3.8, 4) is 11.4 Å². The number of carbonyl (C=O) groups excluding carboxylic acids is 2. The fourth-order valence-corrected chi connectivity index (χ4v) is 4.83. The monoisotopic (exact) mass is 621 g/mol. The Morgan fingerprint density at radius 1 is 1.04 bits per heavy atom. The lowest BCUT2D eigenvalue weighted by Crippen LogP contribution is -2.26. The molecule has 0 saturated carbocycles. The normalized spacial score (nSPS) is 11.7. The zero-order valence-corrected chi connectivity index (χ0v) is 26.8. The number of benzene rings is 2. The van der Waals surface area contributed by atoms with Gasteiger partial charge in [-0.3, -0.25) is 19.1 Å². The van der Waals surface area contributed by atoms with E-state index < -0.39 is 5.69 Å². The van der Waals surface area contributed by atoms with E-state index in [2.05, 4.69) is 33.9 Å². The van der Waals surface area contributed by atoms with Crippen molar-refractivity contribution in [2.45, 2.75) is 19.8 Å². The molecule has 2 heterocycles. The first-order chi connectivity index (χ1) is 22.1. The van der Waals surface area contributed by atoms with Crippen LogP contribution in [0, 0.1) is 0 Å². The van der Waals surface area contributed by atoms with Gasteiger partial charge in [-0.1, -0.05) is 25.5 Å². The van der Waals surface area contributed by atoms with Crippen molar-refractivity contribution in [1.29, 1.82) is 0 Å². The van der Waals surface area contributed by atoms with Crippen molar-refractivity contribution in [2.24, 2.45) is 15.7 Å². The van der Waals surface area contributed by atoms with Gasteiger partial charge in [0, 0.05) is 44.2 Å². The Morgan fingerprint density at radius 2 is 1.78 bits per heavy atom. The number of pyridine rings is 1. The summed E-state index contributed by atoms with van der Waals surface area (Å²) in [4.78, 5) is 55.9. The second-order valence-electron chi connectivity index (χ2n) is 10.8. The Morgan fingerprint density at radius 3 is 2.43 bits per heavy atom. The number of aryl methyl sites for hydroxylation is 1. The molecular weight excluding hydrogens is 582 g/mol. The molecule has 4 aromatic rings. The zero-order chi connectivity index (χ0) is 33.4. The number of aromatic nitrogens is 3. The number of hydrogen-bond acceptors (Lipinski definition) is 7. The predicted molar refractivity (Wildman–Crippen MR) is 185 cm³/mol. The number of nitrogens with zero attached hydrogens (tertiary/aromatic N) is 7. The molecular formula is C34H39N9O3. The number of amidine groups is 1. The van der Waals surface area contributed by atoms with Gasteiger partial charge < -0.3 is 20.9 Å². The number of carbonyl (C=O) groups is 2. The van der Waals surface area contributed by atoms with Crippen molar-refractivity contribution in [3.05, 3.63) is 106 Å². The molecule has 0 atom stereocenters. The summed E-state index contributed by atoms with van der Waals surface area (Å²) in [6.45, 7) is 6.41. The van der Waals surface area contributed by atoms with Crippen LogP contribution in [0.1, 0.15) is 35.0 Å². The summed E-state index contributed by atoms with van der Waals surface area (Å²) in [6.07, 6.45) is 6.82. The smallest absolute Gasteiger partial charge is 0.339 e. The average Bonchev–Trinajstić information content (AvgIpc) is 3.36. The Hall–Kier alpha value is -5.62. The van der Waals surface area contributed by atoms with Crippen LogP contribution < -0.4 is 21.6 Å². The van der Waals surface area contributed by atoms with Gasteiger partial charge in [0.15, 0.2) is 5.82 Å². The fourth-order valence-electron chi connectivity index (χ4n) is 4.83. The topological polar surface area (TPSA) is 143 Å². The maximum Gasteiger partial charge on any atom is 0.339 e. The predicted octanol–water partition coefficient (Wildman–Crippen LogP) is 3.98. The molecule has 12 heteroatoms. The number of rotatable bonds is 12. The quantitative estimate of drug-likeness (QED) is 0.139. The summed E-state index contributed by atoms with van der Waals surface area (Å²) in [7, 11) is 7.00. The van der Waals surface area contributed by atoms with Crippen LogP contribution in [0.15, 0.2) is 93.8 Å². The summed E-state index contributed by atoms with van der Waals surface area (Å²) in [5.74, 6) is 0.136. The number of hydrogen-bond donors (Lipinski definition) is 2. The Labute approximate surface area is 268 Å². The van der Waals surface area contributed by atoms with Crippen molar-refractivity contribution in [1.82, 2.24) is 19.0 Å². The van der Waals surface area contributed by atoms with E-state index in [1.54, 1.807) is 67.9 Å². The third-order valence-electron chi connectivity index (χ3n) is 7.19. The van der Waals surface area contributed by atoms with E-state index in [0.717, 1.165) is 18.4 Å². The van der Waals surface area contributed by atoms with Gasteiger partial charge in [0.05, 0.1) is 11.4 Å². The molecule has 0 bridgehead atoms. The largest absolute Gasteiger partial charge is 0.382 e. The van der Waals surface area contributed by atoms with E-state index in [4.69, 9.17) is 5.73 Å². The van der Waals surface area contributed by atoms with Crippen molar-refractivity contribution < 1.29 is 9.59 Å². The highest BCUT2D eigenvalue weighted by Crippen LogP contribution is 2.27. The number of nitrogens with two attached hydrogens (primary N) is 1. The van der Waals surface area contributed by atoms with Gasteiger partial charge in [-0.15, -0.1) is 0 Å². The van der Waals surface area contributed by atoms with Crippen LogP contribution in [-0.2, 0) is 11.2 Å². The molecule has 0 aliphatic heterocycles. The zero-order valence-electron chi connectivity index (χ0n) is 26.8. The van der Waals surface area contributed by atoms with Gasteiger partial charge in [-0.25, -0.2) is 19.3 Å². The standard InChI is InChI=1S/C34H39N9O3/c1-7-10-23-18-19-38-28(21-23)39-33(45)24-14-16-25(17-15-24)42-30(31(35)36-2)32(37-3)43(34(42)46)27-12-8-11-26(22-27)41(6)29(44)13-9-20-40(4)5/h8-9,11-19,21-22H,3,7,10,20H2,1-2,4-6H3,(H2,35,36)(H,38,39,45). The minimum atomic E-state index is -0.491. The molecule has 0 radical (unpaired) electrons. The summed E-state index contributed by atoms with van der Waals surface area (Å²) in [5.41, 5.74) is 8.95. The molecule has 2 aromatic heterocycles. The first-order valence-electron chi connectivity index (χ1n) is 14.7. The molecule has 4 rings (SSSR count). The number of imidazole rings is 1.